The minimum absolute atomic E-state index is 0.135. The van der Waals surface area contributed by atoms with E-state index in [0.29, 0.717) is 47.6 Å². The van der Waals surface area contributed by atoms with Gasteiger partial charge in [0.15, 0.2) is 0 Å². The van der Waals surface area contributed by atoms with Crippen molar-refractivity contribution in [3.05, 3.63) is 0 Å². The number of hydrogen-bond donors (Lipinski definition) is 2. The van der Waals surface area contributed by atoms with E-state index >= 15 is 0 Å². The molecule has 81 heavy (non-hydrogen) atoms. The van der Waals surface area contributed by atoms with Crippen LogP contribution in [0.2, 0.25) is 0 Å². The standard InChI is InChI=1S/C72H112N8O/c73-39-43-33-47(77-67-23-11-5-17-57(67)59-37-49(27-31-69(59)77)79-63-19-7-1-13-53(63)54-14-2-8-20-64(54)79)25-29-51(43)45-35-61-62-36-46(42-76-72(62)81-71(61)75-41-45)52-30-26-48(34-44(52)40-74)78-68-24-12-6-18-58(68)60-38-50(28-32-70(60)78)80-65-21-9-3-15-55(65)56-16-4-10-22-66(56)80/h43-72,75-76H,1-38,41-42H2. The number of piperidine rings is 2. The van der Waals surface area contributed by atoms with Crippen LogP contribution in [0.15, 0.2) is 0 Å². The topological polar surface area (TPSA) is 93.8 Å². The fraction of sp³-hybridized carbons (Fsp3) is 0.972. The molecule has 0 aromatic carbocycles. The van der Waals surface area contributed by atoms with Gasteiger partial charge < -0.3 is 4.74 Å². The molecular formula is C72H112N8O. The molecule has 9 heteroatoms. The molecule has 0 aromatic rings. The highest BCUT2D eigenvalue weighted by atomic mass is 16.5. The number of likely N-dealkylation sites (tertiary alicyclic amines) is 4. The average Bonchev–Trinajstić information content (AvgIpc) is 4.41. The van der Waals surface area contributed by atoms with E-state index in [1.54, 1.807) is 0 Å². The lowest BCUT2D eigenvalue weighted by molar-refractivity contribution is -0.0404. The van der Waals surface area contributed by atoms with Gasteiger partial charge in [-0.3, -0.25) is 30.2 Å². The number of nitrogens with one attached hydrogen (secondary N) is 2. The van der Waals surface area contributed by atoms with Crippen LogP contribution >= 0.6 is 0 Å². The molecule has 0 aromatic heterocycles. The second-order valence-corrected chi connectivity index (χ2v) is 33.1. The Balaban J connectivity index is 0.539. The molecule has 0 bridgehead atoms. The molecule has 2 N–H and O–H groups in total. The predicted molar refractivity (Wildman–Crippen MR) is 320 cm³/mol. The number of rotatable bonds is 6. The second kappa shape index (κ2) is 22.4. The van der Waals surface area contributed by atoms with E-state index in [0.717, 1.165) is 134 Å². The number of hydrogen-bond acceptors (Lipinski definition) is 9. The summed E-state index contributed by atoms with van der Waals surface area (Å²) in [6, 6.07) is 15.7. The van der Waals surface area contributed by atoms with Crippen LogP contribution in [0.5, 0.6) is 0 Å². The van der Waals surface area contributed by atoms with Gasteiger partial charge in [-0.05, 0) is 238 Å². The largest absolute Gasteiger partial charge is 0.345 e. The molecule has 10 aliphatic carbocycles. The van der Waals surface area contributed by atoms with E-state index in [2.05, 4.69) is 42.4 Å². The summed E-state index contributed by atoms with van der Waals surface area (Å²) in [4.78, 5) is 13.0. The minimum atomic E-state index is 0.135. The smallest absolute Gasteiger partial charge is 0.113 e. The molecule has 30 unspecified atom stereocenters. The van der Waals surface area contributed by atoms with Crippen LogP contribution in [-0.2, 0) is 4.74 Å². The number of ether oxygens (including phenoxy) is 1. The van der Waals surface area contributed by atoms with Crippen LogP contribution in [-0.4, -0.2) is 118 Å². The van der Waals surface area contributed by atoms with E-state index < -0.39 is 0 Å². The van der Waals surface area contributed by atoms with Crippen molar-refractivity contribution >= 4 is 0 Å². The molecule has 17 aliphatic rings. The Hall–Kier alpha value is -1.30. The highest BCUT2D eigenvalue weighted by Crippen LogP contribution is 2.60. The van der Waals surface area contributed by atoms with Gasteiger partial charge in [-0.15, -0.1) is 0 Å². The summed E-state index contributed by atoms with van der Waals surface area (Å²) >= 11 is 0. The fourth-order valence-electron chi connectivity index (χ4n) is 27.9. The Morgan fingerprint density at radius 2 is 0.556 bits per heavy atom. The van der Waals surface area contributed by atoms with Gasteiger partial charge in [-0.25, -0.2) is 0 Å². The van der Waals surface area contributed by atoms with Crippen LogP contribution in [0.25, 0.3) is 0 Å². The normalized spacial score (nSPS) is 55.5. The van der Waals surface area contributed by atoms with Crippen LogP contribution in [0.1, 0.15) is 244 Å². The van der Waals surface area contributed by atoms with Crippen molar-refractivity contribution in [1.29, 1.82) is 10.5 Å². The van der Waals surface area contributed by atoms with E-state index in [4.69, 9.17) is 4.74 Å². The zero-order valence-corrected chi connectivity index (χ0v) is 50.7. The number of fused-ring (bicyclic) bond motifs is 15. The molecule has 7 aliphatic heterocycles. The zero-order chi connectivity index (χ0) is 53.4. The molecule has 9 nitrogen and oxygen atoms in total. The number of nitriles is 2. The third-order valence-corrected chi connectivity index (χ3v) is 30.5. The molecule has 7 heterocycles. The zero-order valence-electron chi connectivity index (χ0n) is 50.7. The van der Waals surface area contributed by atoms with Gasteiger partial charge in [0.25, 0.3) is 0 Å². The average molecular weight is 1110 g/mol. The quantitative estimate of drug-likeness (QED) is 0.270. The third kappa shape index (κ3) is 9.01. The Morgan fingerprint density at radius 3 is 0.889 bits per heavy atom. The first-order chi connectivity index (χ1) is 40.1. The Morgan fingerprint density at radius 1 is 0.272 bits per heavy atom. The minimum Gasteiger partial charge on any atom is -0.345 e. The van der Waals surface area contributed by atoms with Crippen molar-refractivity contribution < 1.29 is 4.74 Å². The first-order valence-electron chi connectivity index (χ1n) is 37.1. The molecular weight excluding hydrogens is 993 g/mol. The maximum Gasteiger partial charge on any atom is 0.113 e. The van der Waals surface area contributed by atoms with Gasteiger partial charge in [0.2, 0.25) is 0 Å². The molecule has 0 spiro atoms. The van der Waals surface area contributed by atoms with Crippen molar-refractivity contribution in [3.63, 3.8) is 0 Å². The van der Waals surface area contributed by atoms with Gasteiger partial charge in [-0.2, -0.15) is 10.5 Å². The van der Waals surface area contributed by atoms with Crippen molar-refractivity contribution in [2.75, 3.05) is 13.1 Å². The fourth-order valence-corrected chi connectivity index (χ4v) is 27.9. The summed E-state index contributed by atoms with van der Waals surface area (Å²) in [6.45, 7) is 2.03. The summed E-state index contributed by atoms with van der Waals surface area (Å²) in [7, 11) is 0. The molecule has 10 saturated carbocycles. The molecule has 7 saturated heterocycles. The highest BCUT2D eigenvalue weighted by molar-refractivity contribution is 5.15. The summed E-state index contributed by atoms with van der Waals surface area (Å²) in [6.07, 6.45) is 54.3. The van der Waals surface area contributed by atoms with Gasteiger partial charge in [0.05, 0.1) is 24.0 Å². The van der Waals surface area contributed by atoms with E-state index in [1.807, 2.05) is 0 Å². The predicted octanol–water partition coefficient (Wildman–Crippen LogP) is 13.4. The van der Waals surface area contributed by atoms with Gasteiger partial charge in [0.1, 0.15) is 12.5 Å². The summed E-state index contributed by atoms with van der Waals surface area (Å²) in [5.74, 6) is 11.1. The Labute approximate surface area is 492 Å². The molecule has 17 rings (SSSR count). The maximum atomic E-state index is 11.2. The maximum absolute atomic E-state index is 11.2. The van der Waals surface area contributed by atoms with Crippen LogP contribution in [0.3, 0.4) is 0 Å². The first-order valence-corrected chi connectivity index (χ1v) is 37.1. The van der Waals surface area contributed by atoms with Crippen molar-refractivity contribution in [1.82, 2.24) is 30.2 Å². The Bertz CT molecular complexity index is 2120. The van der Waals surface area contributed by atoms with Crippen molar-refractivity contribution in [2.45, 2.75) is 329 Å². The van der Waals surface area contributed by atoms with E-state index in [-0.39, 0.29) is 24.3 Å². The lowest BCUT2D eigenvalue weighted by atomic mass is 9.63. The lowest BCUT2D eigenvalue weighted by Crippen LogP contribution is -2.54. The summed E-state index contributed by atoms with van der Waals surface area (Å²) in [5, 5.41) is 30.5. The lowest BCUT2D eigenvalue weighted by Gasteiger charge is -2.49. The first kappa shape index (κ1) is 53.9. The highest BCUT2D eigenvalue weighted by Gasteiger charge is 2.61. The Kier molecular flexibility index (Phi) is 14.9. The molecule has 30 atom stereocenters. The molecule has 446 valence electrons. The van der Waals surface area contributed by atoms with Gasteiger partial charge >= 0.3 is 0 Å². The van der Waals surface area contributed by atoms with E-state index in [9.17, 15) is 10.5 Å². The summed E-state index contributed by atoms with van der Waals surface area (Å²) < 4.78 is 6.93. The SMILES string of the molecule is N#CC1CC(N2C3CCCCC3C3CC(N4C5CCCCC5C5CCCCC54)CCC32)CCC1C1CNC2OC3NCC(C4CCC(N5C6CCCCC6C6CC(N7C8CCCCC8C8CCCCC87)CCC65)CC4C#N)CC3C2C1. The van der Waals surface area contributed by atoms with Crippen molar-refractivity contribution in [3.8, 4) is 12.1 Å². The van der Waals surface area contributed by atoms with Crippen molar-refractivity contribution in [2.24, 2.45) is 94.7 Å². The van der Waals surface area contributed by atoms with Gasteiger partial charge in [-0.1, -0.05) is 77.0 Å². The van der Waals surface area contributed by atoms with Crippen LogP contribution in [0.4, 0.5) is 0 Å². The molecule has 17 fully saturated rings. The van der Waals surface area contributed by atoms with E-state index in [1.165, 1.54) is 231 Å². The summed E-state index contributed by atoms with van der Waals surface area (Å²) in [5.41, 5.74) is 0. The second-order valence-electron chi connectivity index (χ2n) is 33.1. The third-order valence-electron chi connectivity index (χ3n) is 30.5. The molecule has 0 amide bonds. The van der Waals surface area contributed by atoms with Crippen LogP contribution in [0, 0.1) is 117 Å². The number of nitrogens with zero attached hydrogens (tertiary/aromatic N) is 6. The van der Waals surface area contributed by atoms with Crippen LogP contribution < -0.4 is 10.6 Å². The van der Waals surface area contributed by atoms with Gasteiger partial charge in [0, 0.05) is 97.4 Å². The monoisotopic (exact) mass is 1100 g/mol. The molecule has 0 radical (unpaired) electrons.